The first-order chi connectivity index (χ1) is 19.7. The molecule has 5 rings (SSSR count). The van der Waals surface area contributed by atoms with Crippen LogP contribution >= 0.6 is 0 Å². The molecule has 0 radical (unpaired) electrons. The van der Waals surface area contributed by atoms with Crippen LogP contribution < -0.4 is 31.1 Å². The highest BCUT2D eigenvalue weighted by Crippen LogP contribution is 2.22. The number of hydrogen-bond acceptors (Lipinski definition) is 11. The lowest BCUT2D eigenvalue weighted by molar-refractivity contribution is 0.312. The highest BCUT2D eigenvalue weighted by molar-refractivity contribution is 5.55. The maximum absolute atomic E-state index is 4.96. The van der Waals surface area contributed by atoms with Crippen LogP contribution in [-0.2, 0) is 13.1 Å². The van der Waals surface area contributed by atoms with Gasteiger partial charge < -0.3 is 36.0 Å². The monoisotopic (exact) mass is 554 g/mol. The van der Waals surface area contributed by atoms with Crippen molar-refractivity contribution in [1.29, 1.82) is 0 Å². The van der Waals surface area contributed by atoms with E-state index in [4.69, 9.17) is 9.97 Å². The number of likely N-dealkylation sites (N-methyl/N-ethyl adjacent to an activating group) is 1. The predicted molar refractivity (Wildman–Crippen MR) is 161 cm³/mol. The van der Waals surface area contributed by atoms with Gasteiger partial charge in [-0.05, 0) is 52.4 Å². The number of hydrogen-bond donors (Lipinski definition) is 4. The Kier molecular flexibility index (Phi) is 11.2. The van der Waals surface area contributed by atoms with Crippen LogP contribution in [0.25, 0.3) is 0 Å². The van der Waals surface area contributed by atoms with Gasteiger partial charge in [-0.1, -0.05) is 24.5 Å². The van der Waals surface area contributed by atoms with Crippen molar-refractivity contribution in [3.05, 3.63) is 18.0 Å². The second-order valence-corrected chi connectivity index (χ2v) is 11.5. The fraction of sp³-hybridized carbons (Fsp3) is 0.786. The van der Waals surface area contributed by atoms with Crippen molar-refractivity contribution in [2.75, 3.05) is 94.2 Å². The van der Waals surface area contributed by atoms with E-state index in [1.54, 1.807) is 0 Å². The van der Waals surface area contributed by atoms with Crippen molar-refractivity contribution < 1.29 is 0 Å². The van der Waals surface area contributed by atoms with Crippen LogP contribution in [-0.4, -0.2) is 115 Å². The van der Waals surface area contributed by atoms with E-state index in [1.165, 1.54) is 38.5 Å². The molecule has 4 heterocycles. The molecule has 0 unspecified atom stereocenters. The first kappa shape index (κ1) is 29.0. The van der Waals surface area contributed by atoms with Crippen molar-refractivity contribution in [2.24, 2.45) is 0 Å². The van der Waals surface area contributed by atoms with E-state index in [1.807, 2.05) is 10.9 Å². The van der Waals surface area contributed by atoms with Crippen LogP contribution in [0.4, 0.5) is 17.6 Å². The summed E-state index contributed by atoms with van der Waals surface area (Å²) in [5.74, 6) is 2.65. The third kappa shape index (κ3) is 8.98. The van der Waals surface area contributed by atoms with Crippen LogP contribution in [0, 0.1) is 0 Å². The van der Waals surface area contributed by atoms with Gasteiger partial charge in [-0.15, -0.1) is 5.10 Å². The molecular formula is C28H50N12. The smallest absolute Gasteiger partial charge is 0.229 e. The molecule has 1 aliphatic carbocycles. The Morgan fingerprint density at radius 3 is 2.52 bits per heavy atom. The van der Waals surface area contributed by atoms with Gasteiger partial charge in [0.15, 0.2) is 0 Å². The second-order valence-electron chi connectivity index (χ2n) is 11.5. The second kappa shape index (κ2) is 15.5. The molecule has 12 nitrogen and oxygen atoms in total. The molecule has 0 aromatic carbocycles. The number of piperazine rings is 2. The molecule has 2 saturated heterocycles. The highest BCUT2D eigenvalue weighted by atomic mass is 15.4. The summed E-state index contributed by atoms with van der Waals surface area (Å²) in [5.41, 5.74) is 0.922. The maximum Gasteiger partial charge on any atom is 0.229 e. The third-order valence-corrected chi connectivity index (χ3v) is 8.27. The quantitative estimate of drug-likeness (QED) is 0.252. The molecule has 12 heteroatoms. The molecule has 40 heavy (non-hydrogen) atoms. The van der Waals surface area contributed by atoms with E-state index in [-0.39, 0.29) is 0 Å². The standard InChI is InChI=1S/C28H50N12/c1-37-17-19-38(20-18-37)27-21-26(33-28(34-27)39-15-12-30-13-16-39)32-22-25-23-40(36-35-25)14-6-10-29-9-5-11-31-24-7-3-2-4-8-24/h21,23-24,29-31H,2-20,22H2,1H3,(H,32,33,34). The maximum atomic E-state index is 4.96. The zero-order valence-corrected chi connectivity index (χ0v) is 24.5. The number of rotatable bonds is 14. The van der Waals surface area contributed by atoms with Gasteiger partial charge >= 0.3 is 0 Å². The van der Waals surface area contributed by atoms with Gasteiger partial charge in [-0.2, -0.15) is 9.97 Å². The lowest BCUT2D eigenvalue weighted by Gasteiger charge is -2.34. The number of aromatic nitrogens is 5. The molecule has 2 aromatic rings. The van der Waals surface area contributed by atoms with Crippen molar-refractivity contribution >= 4 is 17.6 Å². The molecule has 1 saturated carbocycles. The lowest BCUT2D eigenvalue weighted by atomic mass is 9.95. The van der Waals surface area contributed by atoms with Crippen LogP contribution in [0.2, 0.25) is 0 Å². The molecule has 0 spiro atoms. The van der Waals surface area contributed by atoms with Crippen LogP contribution in [0.5, 0.6) is 0 Å². The molecule has 0 atom stereocenters. The SMILES string of the molecule is CN1CCN(c2cc(NCc3cn(CCCNCCCNC4CCCCC4)nn3)nc(N3CCNCC3)n2)CC1. The van der Waals surface area contributed by atoms with Gasteiger partial charge in [0.05, 0.1) is 12.7 Å². The predicted octanol–water partition coefficient (Wildman–Crippen LogP) is 1.13. The summed E-state index contributed by atoms with van der Waals surface area (Å²) in [6.07, 6.45) is 11.2. The summed E-state index contributed by atoms with van der Waals surface area (Å²) < 4.78 is 1.95. The molecule has 0 amide bonds. The summed E-state index contributed by atoms with van der Waals surface area (Å²) in [4.78, 5) is 16.9. The number of nitrogens with zero attached hydrogens (tertiary/aromatic N) is 8. The minimum atomic E-state index is 0.590. The van der Waals surface area contributed by atoms with E-state index in [2.05, 4.69) is 59.4 Å². The lowest BCUT2D eigenvalue weighted by Crippen LogP contribution is -2.46. The van der Waals surface area contributed by atoms with Crippen molar-refractivity contribution in [3.8, 4) is 0 Å². The van der Waals surface area contributed by atoms with Gasteiger partial charge in [-0.25, -0.2) is 0 Å². The average molecular weight is 555 g/mol. The normalized spacial score (nSPS) is 19.3. The van der Waals surface area contributed by atoms with Gasteiger partial charge in [0.25, 0.3) is 0 Å². The zero-order chi connectivity index (χ0) is 27.4. The topological polar surface area (TPSA) is 114 Å². The Hall–Kier alpha value is -2.54. The largest absolute Gasteiger partial charge is 0.364 e. The summed E-state index contributed by atoms with van der Waals surface area (Å²) in [6.45, 7) is 12.5. The van der Waals surface area contributed by atoms with E-state index < -0.39 is 0 Å². The molecule has 4 N–H and O–H groups in total. The fourth-order valence-corrected chi connectivity index (χ4v) is 5.74. The van der Waals surface area contributed by atoms with Crippen LogP contribution in [0.1, 0.15) is 50.6 Å². The van der Waals surface area contributed by atoms with Gasteiger partial charge in [-0.3, -0.25) is 4.68 Å². The number of anilines is 3. The molecule has 2 aromatic heterocycles. The highest BCUT2D eigenvalue weighted by Gasteiger charge is 2.20. The van der Waals surface area contributed by atoms with Crippen LogP contribution in [0.15, 0.2) is 12.3 Å². The van der Waals surface area contributed by atoms with E-state index in [9.17, 15) is 0 Å². The summed E-state index contributed by atoms with van der Waals surface area (Å²) in [5, 5.41) is 22.9. The van der Waals surface area contributed by atoms with Gasteiger partial charge in [0.1, 0.15) is 17.3 Å². The van der Waals surface area contributed by atoms with Crippen molar-refractivity contribution in [1.82, 2.24) is 45.8 Å². The number of aryl methyl sites for hydroxylation is 1. The molecule has 2 aliphatic heterocycles. The first-order valence-corrected chi connectivity index (χ1v) is 15.6. The molecule has 3 fully saturated rings. The Morgan fingerprint density at radius 2 is 1.70 bits per heavy atom. The fourth-order valence-electron chi connectivity index (χ4n) is 5.74. The van der Waals surface area contributed by atoms with E-state index in [0.717, 1.165) is 114 Å². The Balaban J connectivity index is 1.05. The summed E-state index contributed by atoms with van der Waals surface area (Å²) >= 11 is 0. The molecule has 222 valence electrons. The third-order valence-electron chi connectivity index (χ3n) is 8.27. The Morgan fingerprint density at radius 1 is 0.900 bits per heavy atom. The minimum Gasteiger partial charge on any atom is -0.364 e. The average Bonchev–Trinajstić information content (AvgIpc) is 3.46. The van der Waals surface area contributed by atoms with Crippen molar-refractivity contribution in [2.45, 2.75) is 64.1 Å². The van der Waals surface area contributed by atoms with Crippen molar-refractivity contribution in [3.63, 3.8) is 0 Å². The summed E-state index contributed by atoms with van der Waals surface area (Å²) in [6, 6.07) is 2.84. The molecule has 0 bridgehead atoms. The zero-order valence-electron chi connectivity index (χ0n) is 24.5. The minimum absolute atomic E-state index is 0.590. The van der Waals surface area contributed by atoms with E-state index >= 15 is 0 Å². The van der Waals surface area contributed by atoms with E-state index in [0.29, 0.717) is 6.54 Å². The van der Waals surface area contributed by atoms with Gasteiger partial charge in [0, 0.05) is 71.0 Å². The Bertz CT molecular complexity index is 993. The molecular weight excluding hydrogens is 504 g/mol. The number of nitrogens with one attached hydrogen (secondary N) is 4. The summed E-state index contributed by atoms with van der Waals surface area (Å²) in [7, 11) is 2.18. The van der Waals surface area contributed by atoms with Gasteiger partial charge in [0.2, 0.25) is 5.95 Å². The van der Waals surface area contributed by atoms with Crippen LogP contribution in [0.3, 0.4) is 0 Å². The first-order valence-electron chi connectivity index (χ1n) is 15.6. The Labute approximate surface area is 239 Å². The molecule has 3 aliphatic rings.